The van der Waals surface area contributed by atoms with Crippen molar-refractivity contribution in [3.05, 3.63) is 33.7 Å². The Bertz CT molecular complexity index is 456. The van der Waals surface area contributed by atoms with Gasteiger partial charge in [-0.2, -0.15) is 0 Å². The fraction of sp³-hybridized carbons (Fsp3) is 0.200. The quantitative estimate of drug-likeness (QED) is 0.816. The summed E-state index contributed by atoms with van der Waals surface area (Å²) in [5.74, 6) is 1.02. The van der Waals surface area contributed by atoms with Crippen LogP contribution in [0.2, 0.25) is 0 Å². The van der Waals surface area contributed by atoms with Gasteiger partial charge in [-0.1, -0.05) is 6.07 Å². The topological polar surface area (TPSA) is 48.2 Å². The lowest BCUT2D eigenvalue weighted by Gasteiger charge is -1.94. The van der Waals surface area contributed by atoms with Crippen LogP contribution < -0.4 is 0 Å². The van der Waals surface area contributed by atoms with Crippen molar-refractivity contribution in [3.8, 4) is 11.5 Å². The third-order valence-electron chi connectivity index (χ3n) is 1.81. The third-order valence-corrected chi connectivity index (χ3v) is 2.48. The molecule has 0 saturated carbocycles. The smallest absolute Gasteiger partial charge is 0.247 e. The first kappa shape index (κ1) is 10.6. The molecule has 0 radical (unpaired) electrons. The van der Waals surface area contributed by atoms with Crippen LogP contribution in [-0.2, 0) is 11.3 Å². The summed E-state index contributed by atoms with van der Waals surface area (Å²) in [5.41, 5.74) is 0.928. The zero-order valence-corrected chi connectivity index (χ0v) is 10.3. The van der Waals surface area contributed by atoms with Gasteiger partial charge in [0.1, 0.15) is 6.61 Å². The van der Waals surface area contributed by atoms with Crippen molar-refractivity contribution >= 4 is 22.6 Å². The van der Waals surface area contributed by atoms with E-state index >= 15 is 0 Å². The molecule has 0 amide bonds. The normalized spacial score (nSPS) is 10.5. The van der Waals surface area contributed by atoms with E-state index in [0.29, 0.717) is 18.4 Å². The second kappa shape index (κ2) is 4.71. The molecule has 0 aliphatic heterocycles. The first-order valence-electron chi connectivity index (χ1n) is 4.37. The molecule has 2 rings (SSSR count). The monoisotopic (exact) mass is 316 g/mol. The lowest BCUT2D eigenvalue weighted by atomic mass is 10.2. The number of benzene rings is 1. The molecule has 0 aliphatic carbocycles. The maximum absolute atomic E-state index is 5.41. The molecule has 2 aromatic rings. The molecule has 1 aromatic carbocycles. The highest BCUT2D eigenvalue weighted by Gasteiger charge is 2.07. The molecule has 78 valence electrons. The van der Waals surface area contributed by atoms with Crippen LogP contribution in [0.15, 0.2) is 28.7 Å². The molecule has 15 heavy (non-hydrogen) atoms. The number of hydrogen-bond donors (Lipinski definition) is 0. The fourth-order valence-electron chi connectivity index (χ4n) is 1.17. The van der Waals surface area contributed by atoms with Gasteiger partial charge in [0, 0.05) is 16.2 Å². The molecule has 0 saturated heterocycles. The van der Waals surface area contributed by atoms with Crippen LogP contribution in [0.5, 0.6) is 0 Å². The summed E-state index contributed by atoms with van der Waals surface area (Å²) in [4.78, 5) is 0. The van der Waals surface area contributed by atoms with Crippen molar-refractivity contribution in [2.24, 2.45) is 0 Å². The number of aromatic nitrogens is 2. The van der Waals surface area contributed by atoms with Crippen LogP contribution in [0.3, 0.4) is 0 Å². The van der Waals surface area contributed by atoms with E-state index in [2.05, 4.69) is 32.8 Å². The van der Waals surface area contributed by atoms with E-state index < -0.39 is 0 Å². The van der Waals surface area contributed by atoms with E-state index in [1.165, 1.54) is 0 Å². The predicted octanol–water partition coefficient (Wildman–Crippen LogP) is 2.49. The Balaban J connectivity index is 2.29. The van der Waals surface area contributed by atoms with E-state index in [0.717, 1.165) is 9.13 Å². The predicted molar refractivity (Wildman–Crippen MR) is 63.2 cm³/mol. The minimum absolute atomic E-state index is 0.344. The highest BCUT2D eigenvalue weighted by Crippen LogP contribution is 2.19. The van der Waals surface area contributed by atoms with Crippen molar-refractivity contribution in [1.29, 1.82) is 0 Å². The zero-order valence-electron chi connectivity index (χ0n) is 8.11. The highest BCUT2D eigenvalue weighted by atomic mass is 127. The molecule has 4 nitrogen and oxygen atoms in total. The molecule has 0 N–H and O–H groups in total. The van der Waals surface area contributed by atoms with Gasteiger partial charge in [0.15, 0.2) is 0 Å². The number of halogens is 1. The Kier molecular flexibility index (Phi) is 3.32. The second-order valence-corrected chi connectivity index (χ2v) is 4.19. The molecule has 1 heterocycles. The van der Waals surface area contributed by atoms with Crippen molar-refractivity contribution in [2.45, 2.75) is 6.61 Å². The molecular formula is C10H9IN2O2. The van der Waals surface area contributed by atoms with E-state index in [9.17, 15) is 0 Å². The summed E-state index contributed by atoms with van der Waals surface area (Å²) in [6.45, 7) is 0.344. The number of hydrogen-bond acceptors (Lipinski definition) is 4. The van der Waals surface area contributed by atoms with Gasteiger partial charge >= 0.3 is 0 Å². The van der Waals surface area contributed by atoms with E-state index in [1.807, 2.05) is 24.3 Å². The van der Waals surface area contributed by atoms with E-state index in [1.54, 1.807) is 7.11 Å². The highest BCUT2D eigenvalue weighted by molar-refractivity contribution is 14.1. The van der Waals surface area contributed by atoms with E-state index in [-0.39, 0.29) is 0 Å². The summed E-state index contributed by atoms with van der Waals surface area (Å²) in [7, 11) is 1.59. The van der Waals surface area contributed by atoms with Gasteiger partial charge < -0.3 is 9.15 Å². The van der Waals surface area contributed by atoms with Crippen LogP contribution in [0, 0.1) is 3.57 Å². The van der Waals surface area contributed by atoms with Crippen molar-refractivity contribution < 1.29 is 9.15 Å². The van der Waals surface area contributed by atoms with Crippen molar-refractivity contribution in [2.75, 3.05) is 7.11 Å². The average Bonchev–Trinajstić information content (AvgIpc) is 2.67. The number of ether oxygens (including phenoxy) is 1. The maximum atomic E-state index is 5.41. The fourth-order valence-corrected chi connectivity index (χ4v) is 1.72. The standard InChI is InChI=1S/C10H9IN2O2/c1-14-6-9-12-13-10(15-9)7-3-2-4-8(11)5-7/h2-5H,6H2,1H3. The molecule has 0 aliphatic rings. The van der Waals surface area contributed by atoms with Crippen LogP contribution in [0.25, 0.3) is 11.5 Å². The van der Waals surface area contributed by atoms with Crippen molar-refractivity contribution in [1.82, 2.24) is 10.2 Å². The third kappa shape index (κ3) is 2.54. The molecular weight excluding hydrogens is 307 g/mol. The Labute approximate surface area is 101 Å². The SMILES string of the molecule is COCc1nnc(-c2cccc(I)c2)o1. The Morgan fingerprint density at radius 3 is 3.00 bits per heavy atom. The largest absolute Gasteiger partial charge is 0.418 e. The Morgan fingerprint density at radius 2 is 2.27 bits per heavy atom. The van der Waals surface area contributed by atoms with Crippen molar-refractivity contribution in [3.63, 3.8) is 0 Å². The summed E-state index contributed by atoms with van der Waals surface area (Å²) in [6.07, 6.45) is 0. The molecule has 0 fully saturated rings. The molecule has 0 bridgehead atoms. The van der Waals surface area contributed by atoms with Gasteiger partial charge in [-0.05, 0) is 40.8 Å². The molecule has 1 aromatic heterocycles. The maximum Gasteiger partial charge on any atom is 0.247 e. The first-order chi connectivity index (χ1) is 7.29. The van der Waals surface area contributed by atoms with Gasteiger partial charge in [0.25, 0.3) is 0 Å². The van der Waals surface area contributed by atoms with E-state index in [4.69, 9.17) is 9.15 Å². The lowest BCUT2D eigenvalue weighted by Crippen LogP contribution is -1.85. The number of nitrogens with zero attached hydrogens (tertiary/aromatic N) is 2. The van der Waals surface area contributed by atoms with Crippen LogP contribution in [-0.4, -0.2) is 17.3 Å². The van der Waals surface area contributed by atoms with Crippen LogP contribution in [0.1, 0.15) is 5.89 Å². The zero-order chi connectivity index (χ0) is 10.7. The van der Waals surface area contributed by atoms with Crippen LogP contribution in [0.4, 0.5) is 0 Å². The first-order valence-corrected chi connectivity index (χ1v) is 5.45. The second-order valence-electron chi connectivity index (χ2n) is 2.94. The van der Waals surface area contributed by atoms with Gasteiger partial charge in [-0.3, -0.25) is 0 Å². The average molecular weight is 316 g/mol. The lowest BCUT2D eigenvalue weighted by molar-refractivity contribution is 0.160. The summed E-state index contributed by atoms with van der Waals surface area (Å²) < 4.78 is 11.5. The van der Waals surface area contributed by atoms with Gasteiger partial charge in [-0.25, -0.2) is 0 Å². The Hall–Kier alpha value is -0.950. The van der Waals surface area contributed by atoms with Gasteiger partial charge in [0.05, 0.1) is 0 Å². The minimum Gasteiger partial charge on any atom is -0.418 e. The number of methoxy groups -OCH3 is 1. The summed E-state index contributed by atoms with van der Waals surface area (Å²) in [6, 6.07) is 7.89. The summed E-state index contributed by atoms with van der Waals surface area (Å²) >= 11 is 2.24. The molecule has 5 heteroatoms. The van der Waals surface area contributed by atoms with Crippen LogP contribution >= 0.6 is 22.6 Å². The summed E-state index contributed by atoms with van der Waals surface area (Å²) in [5, 5.41) is 7.81. The minimum atomic E-state index is 0.344. The van der Waals surface area contributed by atoms with Gasteiger partial charge in [-0.15, -0.1) is 10.2 Å². The molecule has 0 spiro atoms. The van der Waals surface area contributed by atoms with Gasteiger partial charge in [0.2, 0.25) is 11.8 Å². The number of rotatable bonds is 3. The Morgan fingerprint density at radius 1 is 1.40 bits per heavy atom. The molecule has 0 atom stereocenters. The molecule has 0 unspecified atom stereocenters.